The van der Waals surface area contributed by atoms with Gasteiger partial charge in [0.15, 0.2) is 0 Å². The Bertz CT molecular complexity index is 1490. The fraction of sp³-hybridized carbons (Fsp3) is 0.333. The number of hydrogen-bond acceptors (Lipinski definition) is 5. The molecule has 0 radical (unpaired) electrons. The Morgan fingerprint density at radius 1 is 1.13 bits per heavy atom. The highest BCUT2D eigenvalue weighted by molar-refractivity contribution is 7.84. The van der Waals surface area contributed by atoms with Gasteiger partial charge in [-0.05, 0) is 63.9 Å². The van der Waals surface area contributed by atoms with Gasteiger partial charge in [-0.25, -0.2) is 13.5 Å². The van der Waals surface area contributed by atoms with Crippen LogP contribution in [-0.2, 0) is 17.5 Å². The van der Waals surface area contributed by atoms with Gasteiger partial charge in [0.25, 0.3) is 5.91 Å². The van der Waals surface area contributed by atoms with Gasteiger partial charge in [0, 0.05) is 41.8 Å². The van der Waals surface area contributed by atoms with Gasteiger partial charge in [-0.1, -0.05) is 36.4 Å². The van der Waals surface area contributed by atoms with Crippen molar-refractivity contribution in [2.75, 3.05) is 13.2 Å². The van der Waals surface area contributed by atoms with Gasteiger partial charge in [-0.2, -0.15) is 0 Å². The molecular formula is C30H33N3O4S. The Labute approximate surface area is 225 Å². The van der Waals surface area contributed by atoms with E-state index in [-0.39, 0.29) is 18.6 Å². The van der Waals surface area contributed by atoms with Crippen molar-refractivity contribution in [1.29, 1.82) is 0 Å². The van der Waals surface area contributed by atoms with Crippen molar-refractivity contribution in [2.24, 2.45) is 0 Å². The van der Waals surface area contributed by atoms with Crippen LogP contribution >= 0.6 is 0 Å². The lowest BCUT2D eigenvalue weighted by molar-refractivity contribution is 0.0951. The fourth-order valence-electron chi connectivity index (χ4n) is 5.00. The number of carbonyl (C=O) groups is 1. The molecule has 0 aliphatic carbocycles. The molecule has 38 heavy (non-hydrogen) atoms. The summed E-state index contributed by atoms with van der Waals surface area (Å²) in [6, 6.07) is 19.3. The standard InChI is InChI=1S/C30H33N3O4S/c1-5-31-29(35)23-16-22-18-33(38(36)30(2,3)4)24(13-14-34)27(22)28(32-23)21-11-8-10-19(15-21)26-17-20-9-6-7-12-25(20)37-26/h6-12,15-17,24,34H,5,13-14,18H2,1-4H3,(H,31,35)/t24-,38?/m1/s1. The van der Waals surface area contributed by atoms with Gasteiger partial charge < -0.3 is 14.8 Å². The second kappa shape index (κ2) is 10.4. The predicted molar refractivity (Wildman–Crippen MR) is 151 cm³/mol. The van der Waals surface area contributed by atoms with Gasteiger partial charge in [0.2, 0.25) is 0 Å². The van der Waals surface area contributed by atoms with E-state index in [0.717, 1.165) is 39.0 Å². The first-order valence-corrected chi connectivity index (χ1v) is 14.0. The Morgan fingerprint density at radius 3 is 2.61 bits per heavy atom. The van der Waals surface area contributed by atoms with Crippen LogP contribution in [0.3, 0.4) is 0 Å². The van der Waals surface area contributed by atoms with E-state index in [1.54, 1.807) is 6.07 Å². The first kappa shape index (κ1) is 26.3. The average molecular weight is 532 g/mol. The molecule has 0 bridgehead atoms. The Hall–Kier alpha value is -3.33. The molecule has 1 aliphatic heterocycles. The molecule has 2 N–H and O–H groups in total. The minimum atomic E-state index is -1.32. The van der Waals surface area contributed by atoms with Crippen molar-refractivity contribution < 1.29 is 18.5 Å². The number of nitrogens with one attached hydrogen (secondary N) is 1. The smallest absolute Gasteiger partial charge is 0.269 e. The maximum Gasteiger partial charge on any atom is 0.269 e. The summed E-state index contributed by atoms with van der Waals surface area (Å²) >= 11 is 0. The van der Waals surface area contributed by atoms with E-state index in [1.807, 2.05) is 86.6 Å². The second-order valence-corrected chi connectivity index (χ2v) is 12.7. The average Bonchev–Trinajstić information content (AvgIpc) is 3.49. The zero-order valence-electron chi connectivity index (χ0n) is 22.2. The highest BCUT2D eigenvalue weighted by Crippen LogP contribution is 2.44. The molecule has 0 saturated heterocycles. The lowest BCUT2D eigenvalue weighted by Gasteiger charge is -2.30. The Morgan fingerprint density at radius 2 is 1.89 bits per heavy atom. The monoisotopic (exact) mass is 531 g/mol. The minimum Gasteiger partial charge on any atom is -0.456 e. The maximum atomic E-state index is 13.6. The van der Waals surface area contributed by atoms with Crippen molar-refractivity contribution in [3.63, 3.8) is 0 Å². The summed E-state index contributed by atoms with van der Waals surface area (Å²) in [7, 11) is -1.32. The minimum absolute atomic E-state index is 0.0571. The van der Waals surface area contributed by atoms with Crippen molar-refractivity contribution in [2.45, 2.75) is 51.4 Å². The first-order chi connectivity index (χ1) is 18.2. The van der Waals surface area contributed by atoms with Gasteiger partial charge in [-0.15, -0.1) is 0 Å². The number of aliphatic hydroxyl groups is 1. The third-order valence-electron chi connectivity index (χ3n) is 6.71. The van der Waals surface area contributed by atoms with Crippen molar-refractivity contribution in [3.8, 4) is 22.6 Å². The van der Waals surface area contributed by atoms with Crippen LogP contribution in [0.5, 0.6) is 0 Å². The summed E-state index contributed by atoms with van der Waals surface area (Å²) in [6.07, 6.45) is 0.410. The first-order valence-electron chi connectivity index (χ1n) is 12.9. The quantitative estimate of drug-likeness (QED) is 0.323. The van der Waals surface area contributed by atoms with Crippen molar-refractivity contribution in [1.82, 2.24) is 14.6 Å². The van der Waals surface area contributed by atoms with Crippen LogP contribution in [0.1, 0.15) is 61.8 Å². The molecule has 7 nitrogen and oxygen atoms in total. The molecule has 0 spiro atoms. The molecule has 1 amide bonds. The molecule has 8 heteroatoms. The largest absolute Gasteiger partial charge is 0.456 e. The van der Waals surface area contributed by atoms with Crippen molar-refractivity contribution in [3.05, 3.63) is 77.5 Å². The van der Waals surface area contributed by atoms with Crippen LogP contribution < -0.4 is 5.32 Å². The molecule has 0 fully saturated rings. The van der Waals surface area contributed by atoms with E-state index in [1.165, 1.54) is 0 Å². The number of hydrogen-bond donors (Lipinski definition) is 2. The molecule has 2 atom stereocenters. The lowest BCUT2D eigenvalue weighted by atomic mass is 9.95. The normalized spacial score (nSPS) is 16.5. The van der Waals surface area contributed by atoms with E-state index >= 15 is 0 Å². The summed E-state index contributed by atoms with van der Waals surface area (Å²) in [5.41, 5.74) is 5.33. The SMILES string of the molecule is CCNC(=O)c1cc2c(c(-c3cccc(-c4cc5ccccc5o4)c3)n1)[C@@H](CCO)N(S(=O)C(C)(C)C)C2. The lowest BCUT2D eigenvalue weighted by Crippen LogP contribution is -2.36. The molecule has 2 aromatic heterocycles. The highest BCUT2D eigenvalue weighted by atomic mass is 32.2. The molecule has 3 heterocycles. The second-order valence-electron chi connectivity index (χ2n) is 10.5. The maximum absolute atomic E-state index is 13.6. The molecular weight excluding hydrogens is 498 g/mol. The molecule has 1 unspecified atom stereocenters. The van der Waals surface area contributed by atoms with Crippen LogP contribution in [0.2, 0.25) is 0 Å². The number of para-hydroxylation sites is 1. The number of benzene rings is 2. The number of aromatic nitrogens is 1. The zero-order chi connectivity index (χ0) is 27.0. The summed E-state index contributed by atoms with van der Waals surface area (Å²) in [4.78, 5) is 17.7. The molecule has 2 aromatic carbocycles. The van der Waals surface area contributed by atoms with Gasteiger partial charge >= 0.3 is 0 Å². The summed E-state index contributed by atoms with van der Waals surface area (Å²) in [5.74, 6) is 0.492. The van der Waals surface area contributed by atoms with Crippen LogP contribution in [0.15, 0.2) is 65.1 Å². The zero-order valence-corrected chi connectivity index (χ0v) is 23.0. The predicted octanol–water partition coefficient (Wildman–Crippen LogP) is 5.61. The molecule has 198 valence electrons. The molecule has 0 saturated carbocycles. The number of aliphatic hydroxyl groups excluding tert-OH is 1. The van der Waals surface area contributed by atoms with Gasteiger partial charge in [-0.3, -0.25) is 4.79 Å². The Kier molecular flexibility index (Phi) is 7.22. The number of pyridine rings is 1. The number of nitrogens with zero attached hydrogens (tertiary/aromatic N) is 2. The molecule has 4 aromatic rings. The Balaban J connectivity index is 1.67. The van der Waals surface area contributed by atoms with Crippen LogP contribution in [0, 0.1) is 0 Å². The number of amides is 1. The van der Waals surface area contributed by atoms with E-state index in [0.29, 0.717) is 30.9 Å². The molecule has 1 aliphatic rings. The van der Waals surface area contributed by atoms with Crippen LogP contribution in [-0.4, -0.2) is 42.4 Å². The summed E-state index contributed by atoms with van der Waals surface area (Å²) < 4.78 is 21.1. The number of rotatable bonds is 7. The van der Waals surface area contributed by atoms with E-state index < -0.39 is 15.7 Å². The highest BCUT2D eigenvalue weighted by Gasteiger charge is 2.40. The van der Waals surface area contributed by atoms with E-state index in [2.05, 4.69) is 5.32 Å². The third kappa shape index (κ3) is 4.91. The van der Waals surface area contributed by atoms with Crippen LogP contribution in [0.4, 0.5) is 0 Å². The fourth-order valence-corrected chi connectivity index (χ4v) is 6.40. The number of fused-ring (bicyclic) bond motifs is 2. The van der Waals surface area contributed by atoms with Crippen molar-refractivity contribution >= 4 is 27.9 Å². The van der Waals surface area contributed by atoms with E-state index in [4.69, 9.17) is 9.40 Å². The van der Waals surface area contributed by atoms with Crippen LogP contribution in [0.25, 0.3) is 33.6 Å². The van der Waals surface area contributed by atoms with Gasteiger partial charge in [0.05, 0.1) is 16.5 Å². The van der Waals surface area contributed by atoms with E-state index in [9.17, 15) is 14.1 Å². The van der Waals surface area contributed by atoms with Gasteiger partial charge in [0.1, 0.15) is 28.0 Å². The number of furan rings is 1. The third-order valence-corrected chi connectivity index (χ3v) is 8.56. The topological polar surface area (TPSA) is 95.7 Å². The number of carbonyl (C=O) groups excluding carboxylic acids is 1. The molecule has 5 rings (SSSR count). The summed E-state index contributed by atoms with van der Waals surface area (Å²) in [6.45, 7) is 8.54. The summed E-state index contributed by atoms with van der Waals surface area (Å²) in [5, 5.41) is 13.8.